The number of benzene rings is 2. The number of rotatable bonds is 5. The van der Waals surface area contributed by atoms with Gasteiger partial charge in [0.05, 0.1) is 24.3 Å². The Labute approximate surface area is 192 Å². The molecule has 2 amide bonds. The Bertz CT molecular complexity index is 1160. The molecule has 3 atom stereocenters. The van der Waals surface area contributed by atoms with Gasteiger partial charge in [0.1, 0.15) is 6.54 Å². The number of hydrogen-bond acceptors (Lipinski definition) is 4. The lowest BCUT2D eigenvalue weighted by atomic mass is 9.73. The molecule has 2 fully saturated rings. The zero-order valence-corrected chi connectivity index (χ0v) is 18.1. The summed E-state index contributed by atoms with van der Waals surface area (Å²) >= 11 is 0. The summed E-state index contributed by atoms with van der Waals surface area (Å²) in [6.07, 6.45) is 7.27. The Hall–Kier alpha value is -3.77. The van der Waals surface area contributed by atoms with Crippen LogP contribution in [0.1, 0.15) is 33.0 Å². The topological polar surface area (TPSA) is 73.7 Å². The summed E-state index contributed by atoms with van der Waals surface area (Å²) in [5, 5.41) is 10.00. The molecule has 0 unspecified atom stereocenters. The van der Waals surface area contributed by atoms with Gasteiger partial charge in [-0.15, -0.1) is 0 Å². The maximum Gasteiger partial charge on any atom is 0.255 e. The molecule has 33 heavy (non-hydrogen) atoms. The minimum absolute atomic E-state index is 0.0180. The number of amides is 2. The minimum atomic E-state index is -0.260. The van der Waals surface area contributed by atoms with E-state index in [1.807, 2.05) is 18.2 Å². The molecule has 166 valence electrons. The molecule has 2 aliphatic heterocycles. The van der Waals surface area contributed by atoms with Crippen LogP contribution < -0.4 is 0 Å². The highest BCUT2D eigenvalue weighted by Crippen LogP contribution is 2.43. The summed E-state index contributed by atoms with van der Waals surface area (Å²) in [5.41, 5.74) is 3.75. The van der Waals surface area contributed by atoms with Crippen LogP contribution in [0.15, 0.2) is 79.1 Å². The molecule has 5 rings (SSSR count). The van der Waals surface area contributed by atoms with Crippen LogP contribution in [0.2, 0.25) is 0 Å². The summed E-state index contributed by atoms with van der Waals surface area (Å²) in [7, 11) is 0. The summed E-state index contributed by atoms with van der Waals surface area (Å²) in [6.45, 7) is 0.367. The van der Waals surface area contributed by atoms with Gasteiger partial charge in [-0.05, 0) is 28.8 Å². The average Bonchev–Trinajstić information content (AvgIpc) is 2.85. The van der Waals surface area contributed by atoms with Crippen LogP contribution in [0.3, 0.4) is 0 Å². The van der Waals surface area contributed by atoms with Crippen molar-refractivity contribution in [2.45, 2.75) is 18.0 Å². The van der Waals surface area contributed by atoms with Crippen molar-refractivity contribution in [3.63, 3.8) is 0 Å². The Morgan fingerprint density at radius 3 is 2.39 bits per heavy atom. The fourth-order valence-electron chi connectivity index (χ4n) is 4.91. The summed E-state index contributed by atoms with van der Waals surface area (Å²) in [6, 6.07) is 21.4. The Kier molecular flexibility index (Phi) is 5.75. The molecule has 3 heterocycles. The zero-order chi connectivity index (χ0) is 22.8. The lowest BCUT2D eigenvalue weighted by Crippen LogP contribution is -2.73. The number of fused-ring (bicyclic) bond motifs is 1. The van der Waals surface area contributed by atoms with E-state index in [4.69, 9.17) is 0 Å². The number of aliphatic hydroxyl groups excluding tert-OH is 1. The van der Waals surface area contributed by atoms with Gasteiger partial charge >= 0.3 is 0 Å². The smallest absolute Gasteiger partial charge is 0.255 e. The van der Waals surface area contributed by atoms with Crippen molar-refractivity contribution < 1.29 is 14.7 Å². The molecule has 6 heteroatoms. The van der Waals surface area contributed by atoms with E-state index in [0.29, 0.717) is 12.1 Å². The van der Waals surface area contributed by atoms with Crippen LogP contribution in [-0.4, -0.2) is 63.5 Å². The third kappa shape index (κ3) is 4.05. The molecule has 3 aromatic rings. The number of pyridine rings is 1. The van der Waals surface area contributed by atoms with Crippen molar-refractivity contribution in [1.82, 2.24) is 14.8 Å². The van der Waals surface area contributed by atoms with Crippen LogP contribution in [0.5, 0.6) is 0 Å². The highest BCUT2D eigenvalue weighted by Gasteiger charge is 2.54. The quantitative estimate of drug-likeness (QED) is 0.620. The number of nitrogens with zero attached hydrogens (tertiary/aromatic N) is 3. The number of piperazine rings is 1. The number of carbonyl (C=O) groups is 2. The molecule has 0 spiro atoms. The minimum Gasteiger partial charge on any atom is -0.394 e. The third-order valence-electron chi connectivity index (χ3n) is 6.54. The second-order valence-electron chi connectivity index (χ2n) is 8.48. The number of aromatic nitrogens is 1. The maximum absolute atomic E-state index is 12.9. The predicted octanol–water partition coefficient (Wildman–Crippen LogP) is 3.06. The first-order valence-electron chi connectivity index (χ1n) is 11.1. The molecule has 2 aliphatic rings. The van der Waals surface area contributed by atoms with E-state index in [1.54, 1.807) is 28.1 Å². The fraction of sp³-hybridized carbons (Fsp3) is 0.222. The van der Waals surface area contributed by atoms with Crippen molar-refractivity contribution in [2.75, 3.05) is 19.7 Å². The molecular weight excluding hydrogens is 414 g/mol. The molecule has 6 nitrogen and oxygen atoms in total. The van der Waals surface area contributed by atoms with Gasteiger partial charge in [-0.3, -0.25) is 14.6 Å². The van der Waals surface area contributed by atoms with Crippen molar-refractivity contribution in [2.24, 2.45) is 0 Å². The molecule has 1 aromatic heterocycles. The van der Waals surface area contributed by atoms with Gasteiger partial charge in [0.25, 0.3) is 5.91 Å². The SMILES string of the molecule is O=C(c1cccnc1)N1CC(=O)N2[C@H](CO)[C@@H](c3ccc(/C=C/c4ccccc4)cc3)[C@@H]2C1. The van der Waals surface area contributed by atoms with Crippen molar-refractivity contribution in [3.05, 3.63) is 101 Å². The average molecular weight is 440 g/mol. The molecule has 0 saturated carbocycles. The van der Waals surface area contributed by atoms with E-state index in [1.165, 1.54) is 6.20 Å². The fourth-order valence-corrected chi connectivity index (χ4v) is 4.91. The second kappa shape index (κ2) is 9.00. The normalized spacial score (nSPS) is 22.2. The molecule has 0 radical (unpaired) electrons. The van der Waals surface area contributed by atoms with E-state index in [-0.39, 0.29) is 43.0 Å². The molecule has 0 bridgehead atoms. The van der Waals surface area contributed by atoms with Gasteiger partial charge in [-0.1, -0.05) is 66.7 Å². The molecule has 2 aromatic carbocycles. The van der Waals surface area contributed by atoms with Crippen LogP contribution in [-0.2, 0) is 4.79 Å². The molecule has 0 aliphatic carbocycles. The third-order valence-corrected chi connectivity index (χ3v) is 6.54. The molecule has 1 N–H and O–H groups in total. The number of carbonyl (C=O) groups excluding carboxylic acids is 2. The van der Waals surface area contributed by atoms with Crippen LogP contribution >= 0.6 is 0 Å². The predicted molar refractivity (Wildman–Crippen MR) is 126 cm³/mol. The van der Waals surface area contributed by atoms with E-state index in [0.717, 1.165) is 16.7 Å². The highest BCUT2D eigenvalue weighted by molar-refractivity contribution is 5.97. The van der Waals surface area contributed by atoms with Crippen molar-refractivity contribution >= 4 is 24.0 Å². The first-order valence-corrected chi connectivity index (χ1v) is 11.1. The molecular formula is C27H25N3O3. The Balaban J connectivity index is 1.34. The second-order valence-corrected chi connectivity index (χ2v) is 8.48. The Morgan fingerprint density at radius 1 is 1.00 bits per heavy atom. The van der Waals surface area contributed by atoms with Gasteiger partial charge in [-0.25, -0.2) is 0 Å². The van der Waals surface area contributed by atoms with Gasteiger partial charge in [-0.2, -0.15) is 0 Å². The van der Waals surface area contributed by atoms with E-state index in [2.05, 4.69) is 53.5 Å². The first-order chi connectivity index (χ1) is 16.2. The largest absolute Gasteiger partial charge is 0.394 e. The lowest BCUT2D eigenvalue weighted by molar-refractivity contribution is -0.159. The summed E-state index contributed by atoms with van der Waals surface area (Å²) in [5.74, 6) is -0.333. The van der Waals surface area contributed by atoms with Crippen molar-refractivity contribution in [3.8, 4) is 0 Å². The molecule has 2 saturated heterocycles. The summed E-state index contributed by atoms with van der Waals surface area (Å²) < 4.78 is 0. The zero-order valence-electron chi connectivity index (χ0n) is 18.1. The van der Waals surface area contributed by atoms with E-state index < -0.39 is 0 Å². The monoisotopic (exact) mass is 439 g/mol. The lowest BCUT2D eigenvalue weighted by Gasteiger charge is -2.58. The standard InChI is InChI=1S/C27H25N3O3/c31-18-24-26(21-12-10-20(11-13-21)9-8-19-5-2-1-3-6-19)23-16-29(17-25(32)30(23)24)27(33)22-7-4-14-28-15-22/h1-15,23-24,26,31H,16-18H2/b9-8+/t23-,24+,26-/m0/s1. The number of hydrogen-bond donors (Lipinski definition) is 1. The van der Waals surface area contributed by atoms with Crippen LogP contribution in [0, 0.1) is 0 Å². The van der Waals surface area contributed by atoms with E-state index >= 15 is 0 Å². The first kappa shape index (κ1) is 21.1. The van der Waals surface area contributed by atoms with Crippen LogP contribution in [0.4, 0.5) is 0 Å². The van der Waals surface area contributed by atoms with Gasteiger partial charge in [0, 0.05) is 24.9 Å². The Morgan fingerprint density at radius 2 is 1.73 bits per heavy atom. The van der Waals surface area contributed by atoms with Gasteiger partial charge < -0.3 is 14.9 Å². The van der Waals surface area contributed by atoms with Crippen LogP contribution in [0.25, 0.3) is 12.2 Å². The van der Waals surface area contributed by atoms with Gasteiger partial charge in [0.2, 0.25) is 5.91 Å². The van der Waals surface area contributed by atoms with E-state index in [9.17, 15) is 14.7 Å². The van der Waals surface area contributed by atoms with Gasteiger partial charge in [0.15, 0.2) is 0 Å². The summed E-state index contributed by atoms with van der Waals surface area (Å²) in [4.78, 5) is 33.1. The highest BCUT2D eigenvalue weighted by atomic mass is 16.3. The number of aliphatic hydroxyl groups is 1. The maximum atomic E-state index is 12.9. The van der Waals surface area contributed by atoms with Crippen molar-refractivity contribution in [1.29, 1.82) is 0 Å².